The number of amides is 1. The number of hydrogen-bond acceptors (Lipinski definition) is 3. The normalized spacial score (nSPS) is 10.4. The molecule has 0 saturated carbocycles. The van der Waals surface area contributed by atoms with Gasteiger partial charge in [-0.05, 0) is 30.7 Å². The molecule has 110 valence electrons. The number of carboxylic acid groups (broad SMARTS) is 1. The van der Waals surface area contributed by atoms with Crippen LogP contribution in [0.5, 0.6) is 0 Å². The average molecular weight is 372 g/mol. The Balaban J connectivity index is 2.33. The summed E-state index contributed by atoms with van der Waals surface area (Å²) in [5.41, 5.74) is -0.132. The average Bonchev–Trinajstić information content (AvgIpc) is 2.84. The van der Waals surface area contributed by atoms with E-state index in [-0.39, 0.29) is 16.1 Å². The van der Waals surface area contributed by atoms with Crippen molar-refractivity contribution in [1.82, 2.24) is 0 Å². The molecule has 0 spiro atoms. The van der Waals surface area contributed by atoms with Crippen LogP contribution in [0.1, 0.15) is 32.5 Å². The molecule has 0 fully saturated rings. The van der Waals surface area contributed by atoms with E-state index in [0.29, 0.717) is 10.9 Å². The van der Waals surface area contributed by atoms with Gasteiger partial charge in [-0.1, -0.05) is 22.9 Å². The number of carbonyl (C=O) groups is 2. The molecule has 1 amide bonds. The van der Waals surface area contributed by atoms with Crippen LogP contribution in [0.25, 0.3) is 0 Å². The van der Waals surface area contributed by atoms with Crippen molar-refractivity contribution in [2.75, 3.05) is 5.32 Å². The van der Waals surface area contributed by atoms with Crippen molar-refractivity contribution >= 4 is 44.1 Å². The van der Waals surface area contributed by atoms with E-state index < -0.39 is 17.7 Å². The second-order valence-corrected chi connectivity index (χ2v) is 6.24. The molecule has 1 heterocycles. The van der Waals surface area contributed by atoms with Crippen LogP contribution in [-0.4, -0.2) is 17.0 Å². The molecule has 0 aliphatic carbocycles. The summed E-state index contributed by atoms with van der Waals surface area (Å²) in [6, 6.07) is 5.51. The van der Waals surface area contributed by atoms with Crippen LogP contribution in [0.4, 0.5) is 9.39 Å². The number of thiophene rings is 1. The Hall–Kier alpha value is -1.73. The molecular formula is C14H11BrFNO3S. The van der Waals surface area contributed by atoms with Gasteiger partial charge in [-0.25, -0.2) is 9.18 Å². The van der Waals surface area contributed by atoms with Crippen LogP contribution in [0.15, 0.2) is 28.7 Å². The van der Waals surface area contributed by atoms with Gasteiger partial charge in [-0.15, -0.1) is 11.3 Å². The van der Waals surface area contributed by atoms with Crippen LogP contribution < -0.4 is 5.32 Å². The number of carbonyl (C=O) groups excluding carboxylic acids is 1. The highest BCUT2D eigenvalue weighted by molar-refractivity contribution is 9.10. The summed E-state index contributed by atoms with van der Waals surface area (Å²) in [7, 11) is 0. The number of hydrogen-bond donors (Lipinski definition) is 2. The van der Waals surface area contributed by atoms with Gasteiger partial charge in [0.15, 0.2) is 0 Å². The molecule has 0 bridgehead atoms. The maximum absolute atomic E-state index is 13.7. The minimum Gasteiger partial charge on any atom is -0.478 e. The quantitative estimate of drug-likeness (QED) is 0.847. The Morgan fingerprint density at radius 1 is 1.33 bits per heavy atom. The van der Waals surface area contributed by atoms with Crippen molar-refractivity contribution in [2.45, 2.75) is 13.3 Å². The van der Waals surface area contributed by atoms with E-state index in [1.54, 1.807) is 0 Å². The third-order valence-corrected chi connectivity index (χ3v) is 4.45. The highest BCUT2D eigenvalue weighted by Gasteiger charge is 2.19. The lowest BCUT2D eigenvalue weighted by Gasteiger charge is -2.05. The Morgan fingerprint density at radius 3 is 2.67 bits per heavy atom. The molecule has 2 rings (SSSR count). The first-order chi connectivity index (χ1) is 9.92. The molecule has 7 heteroatoms. The predicted octanol–water partition coefficient (Wildman–Crippen LogP) is 4.16. The zero-order valence-electron chi connectivity index (χ0n) is 10.9. The number of rotatable bonds is 4. The molecule has 0 atom stereocenters. The van der Waals surface area contributed by atoms with E-state index in [1.165, 1.54) is 35.6 Å². The number of aryl methyl sites for hydroxylation is 1. The van der Waals surface area contributed by atoms with Crippen LogP contribution in [0.3, 0.4) is 0 Å². The highest BCUT2D eigenvalue weighted by Crippen LogP contribution is 2.29. The van der Waals surface area contributed by atoms with E-state index in [4.69, 9.17) is 5.11 Å². The Morgan fingerprint density at radius 2 is 2.05 bits per heavy atom. The number of halogens is 2. The van der Waals surface area contributed by atoms with E-state index in [0.717, 1.165) is 4.88 Å². The molecule has 2 N–H and O–H groups in total. The monoisotopic (exact) mass is 371 g/mol. The van der Waals surface area contributed by atoms with Gasteiger partial charge in [0.1, 0.15) is 10.8 Å². The first kappa shape index (κ1) is 15.7. The fraction of sp³-hybridized carbons (Fsp3) is 0.143. The van der Waals surface area contributed by atoms with E-state index in [2.05, 4.69) is 21.2 Å². The molecule has 2 aromatic rings. The standard InChI is InChI=1S/C14H11BrFNO3S/c1-2-8-6-10(14(19)20)13(21-8)17-12(18)9-5-7(15)3-4-11(9)16/h3-6H,2H2,1H3,(H,17,18)(H,19,20). The zero-order chi connectivity index (χ0) is 15.6. The van der Waals surface area contributed by atoms with Gasteiger partial charge in [0.05, 0.1) is 11.1 Å². The summed E-state index contributed by atoms with van der Waals surface area (Å²) in [5.74, 6) is -2.48. The van der Waals surface area contributed by atoms with Crippen molar-refractivity contribution in [1.29, 1.82) is 0 Å². The SMILES string of the molecule is CCc1cc(C(=O)O)c(NC(=O)c2cc(Br)ccc2F)s1. The Labute approximate surface area is 132 Å². The summed E-state index contributed by atoms with van der Waals surface area (Å²) in [4.78, 5) is 24.1. The minimum absolute atomic E-state index is 0.0144. The summed E-state index contributed by atoms with van der Waals surface area (Å²) in [6.07, 6.45) is 0.659. The van der Waals surface area contributed by atoms with Crippen molar-refractivity contribution < 1.29 is 19.1 Å². The topological polar surface area (TPSA) is 66.4 Å². The van der Waals surface area contributed by atoms with E-state index in [1.807, 2.05) is 6.92 Å². The van der Waals surface area contributed by atoms with Crippen LogP contribution in [0, 0.1) is 5.82 Å². The van der Waals surface area contributed by atoms with Gasteiger partial charge < -0.3 is 10.4 Å². The van der Waals surface area contributed by atoms with Gasteiger partial charge in [-0.3, -0.25) is 4.79 Å². The third kappa shape index (κ3) is 3.48. The maximum atomic E-state index is 13.7. The van der Waals surface area contributed by atoms with Crippen LogP contribution in [-0.2, 0) is 6.42 Å². The summed E-state index contributed by atoms with van der Waals surface area (Å²) >= 11 is 4.34. The lowest BCUT2D eigenvalue weighted by Crippen LogP contribution is -2.14. The highest BCUT2D eigenvalue weighted by atomic mass is 79.9. The summed E-state index contributed by atoms with van der Waals surface area (Å²) < 4.78 is 14.2. The smallest absolute Gasteiger partial charge is 0.338 e. The lowest BCUT2D eigenvalue weighted by atomic mass is 10.2. The molecule has 0 aliphatic heterocycles. The lowest BCUT2D eigenvalue weighted by molar-refractivity contribution is 0.0698. The molecule has 0 aliphatic rings. The third-order valence-electron chi connectivity index (χ3n) is 2.76. The Bertz CT molecular complexity index is 714. The fourth-order valence-electron chi connectivity index (χ4n) is 1.71. The number of carboxylic acids is 1. The van der Waals surface area contributed by atoms with Crippen molar-refractivity contribution in [3.8, 4) is 0 Å². The minimum atomic E-state index is -1.13. The largest absolute Gasteiger partial charge is 0.478 e. The molecule has 1 aromatic carbocycles. The second kappa shape index (κ2) is 6.36. The van der Waals surface area contributed by atoms with E-state index in [9.17, 15) is 14.0 Å². The molecule has 0 radical (unpaired) electrons. The van der Waals surface area contributed by atoms with Crippen molar-refractivity contribution in [3.63, 3.8) is 0 Å². The maximum Gasteiger partial charge on any atom is 0.338 e. The van der Waals surface area contributed by atoms with Crippen molar-refractivity contribution in [3.05, 3.63) is 50.6 Å². The Kier molecular flexibility index (Phi) is 4.74. The number of aromatic carboxylic acids is 1. The fourth-order valence-corrected chi connectivity index (χ4v) is 3.05. The van der Waals surface area contributed by atoms with Crippen LogP contribution in [0.2, 0.25) is 0 Å². The summed E-state index contributed by atoms with van der Waals surface area (Å²) in [6.45, 7) is 1.89. The molecule has 0 unspecified atom stereocenters. The van der Waals surface area contributed by atoms with Gasteiger partial charge in [0.2, 0.25) is 0 Å². The molecule has 4 nitrogen and oxygen atoms in total. The first-order valence-electron chi connectivity index (χ1n) is 6.04. The van der Waals surface area contributed by atoms with Gasteiger partial charge in [0.25, 0.3) is 5.91 Å². The molecule has 0 saturated heterocycles. The summed E-state index contributed by atoms with van der Waals surface area (Å²) in [5, 5.41) is 11.8. The van der Waals surface area contributed by atoms with Gasteiger partial charge >= 0.3 is 5.97 Å². The zero-order valence-corrected chi connectivity index (χ0v) is 13.3. The first-order valence-corrected chi connectivity index (χ1v) is 7.65. The molecule has 21 heavy (non-hydrogen) atoms. The van der Waals surface area contributed by atoms with Gasteiger partial charge in [0, 0.05) is 9.35 Å². The number of anilines is 1. The predicted molar refractivity (Wildman–Crippen MR) is 82.7 cm³/mol. The number of nitrogens with one attached hydrogen (secondary N) is 1. The number of benzene rings is 1. The molecular weight excluding hydrogens is 361 g/mol. The second-order valence-electron chi connectivity index (χ2n) is 4.19. The van der Waals surface area contributed by atoms with E-state index >= 15 is 0 Å². The van der Waals surface area contributed by atoms with Gasteiger partial charge in [-0.2, -0.15) is 0 Å². The van der Waals surface area contributed by atoms with Crippen molar-refractivity contribution in [2.24, 2.45) is 0 Å². The molecule has 1 aromatic heterocycles. The van der Waals surface area contributed by atoms with Crippen LogP contribution >= 0.6 is 27.3 Å².